The Morgan fingerprint density at radius 2 is 2.31 bits per heavy atom. The highest BCUT2D eigenvalue weighted by Crippen LogP contribution is 2.10. The number of aromatic amines is 1. The van der Waals surface area contributed by atoms with Crippen molar-refractivity contribution in [2.45, 2.75) is 32.7 Å². The summed E-state index contributed by atoms with van der Waals surface area (Å²) in [7, 11) is 0. The van der Waals surface area contributed by atoms with Crippen LogP contribution in [0.25, 0.3) is 0 Å². The highest BCUT2D eigenvalue weighted by atomic mass is 16.2. The normalized spacial score (nSPS) is 20.8. The number of H-pyrrole nitrogens is 1. The number of piperidine rings is 1. The van der Waals surface area contributed by atoms with Gasteiger partial charge in [-0.3, -0.25) is 4.79 Å². The quantitative estimate of drug-likeness (QED) is 0.701. The number of aryl methyl sites for hydroxylation is 2. The van der Waals surface area contributed by atoms with Crippen molar-refractivity contribution in [1.29, 1.82) is 0 Å². The van der Waals surface area contributed by atoms with Gasteiger partial charge in [0, 0.05) is 18.3 Å². The standard InChI is InChI=1S/C12H19N3O/c1-8-6-9(2)14-11(8)12(16)15-10-4-3-5-13-7-10/h6,10,13-14H,3-5,7H2,1-2H3,(H,15,16)/t10-/m0/s1. The van der Waals surface area contributed by atoms with Crippen LogP contribution in [0.1, 0.15) is 34.6 Å². The lowest BCUT2D eigenvalue weighted by atomic mass is 10.1. The second-order valence-corrected chi connectivity index (χ2v) is 4.53. The SMILES string of the molecule is Cc1cc(C)c(C(=O)N[C@H]2CCCNC2)[nH]1. The summed E-state index contributed by atoms with van der Waals surface area (Å²) in [4.78, 5) is 15.1. The molecule has 88 valence electrons. The Morgan fingerprint density at radius 1 is 1.50 bits per heavy atom. The van der Waals surface area contributed by atoms with Crippen LogP contribution in [-0.4, -0.2) is 30.0 Å². The van der Waals surface area contributed by atoms with Gasteiger partial charge in [-0.05, 0) is 44.9 Å². The molecule has 1 saturated heterocycles. The average Bonchev–Trinajstić information content (AvgIpc) is 2.59. The van der Waals surface area contributed by atoms with Gasteiger partial charge in [-0.2, -0.15) is 0 Å². The Hall–Kier alpha value is -1.29. The molecule has 1 aromatic heterocycles. The van der Waals surface area contributed by atoms with E-state index in [1.807, 2.05) is 19.9 Å². The molecule has 0 spiro atoms. The minimum atomic E-state index is 0.0132. The maximum absolute atomic E-state index is 12.0. The molecule has 0 unspecified atom stereocenters. The van der Waals surface area contributed by atoms with Gasteiger partial charge in [-0.1, -0.05) is 0 Å². The van der Waals surface area contributed by atoms with E-state index < -0.39 is 0 Å². The van der Waals surface area contributed by atoms with E-state index in [1.54, 1.807) is 0 Å². The number of carbonyl (C=O) groups is 1. The zero-order valence-corrected chi connectivity index (χ0v) is 9.89. The fourth-order valence-corrected chi connectivity index (χ4v) is 2.20. The summed E-state index contributed by atoms with van der Waals surface area (Å²) in [5, 5.41) is 6.34. The Balaban J connectivity index is 1.99. The van der Waals surface area contributed by atoms with E-state index >= 15 is 0 Å². The van der Waals surface area contributed by atoms with Crippen molar-refractivity contribution in [3.05, 3.63) is 23.0 Å². The van der Waals surface area contributed by atoms with Crippen LogP contribution in [0.2, 0.25) is 0 Å². The molecule has 1 fully saturated rings. The van der Waals surface area contributed by atoms with Gasteiger partial charge in [0.2, 0.25) is 0 Å². The molecule has 0 aliphatic carbocycles. The number of hydrogen-bond acceptors (Lipinski definition) is 2. The maximum Gasteiger partial charge on any atom is 0.268 e. The maximum atomic E-state index is 12.0. The molecule has 1 amide bonds. The topological polar surface area (TPSA) is 56.9 Å². The van der Waals surface area contributed by atoms with Gasteiger partial charge in [0.05, 0.1) is 0 Å². The molecule has 1 aliphatic rings. The molecule has 4 nitrogen and oxygen atoms in total. The predicted octanol–water partition coefficient (Wildman–Crippen LogP) is 1.11. The van der Waals surface area contributed by atoms with E-state index in [-0.39, 0.29) is 11.9 Å². The van der Waals surface area contributed by atoms with Crippen molar-refractivity contribution < 1.29 is 4.79 Å². The number of hydrogen-bond donors (Lipinski definition) is 3. The van der Waals surface area contributed by atoms with Crippen LogP contribution in [0, 0.1) is 13.8 Å². The molecule has 0 bridgehead atoms. The van der Waals surface area contributed by atoms with Crippen molar-refractivity contribution in [3.63, 3.8) is 0 Å². The number of carbonyl (C=O) groups excluding carboxylic acids is 1. The van der Waals surface area contributed by atoms with Crippen molar-refractivity contribution in [2.75, 3.05) is 13.1 Å². The van der Waals surface area contributed by atoms with Gasteiger partial charge in [0.15, 0.2) is 0 Å². The van der Waals surface area contributed by atoms with Gasteiger partial charge in [-0.25, -0.2) is 0 Å². The van der Waals surface area contributed by atoms with Crippen molar-refractivity contribution in [3.8, 4) is 0 Å². The Labute approximate surface area is 95.8 Å². The Morgan fingerprint density at radius 3 is 2.88 bits per heavy atom. The molecule has 4 heteroatoms. The third kappa shape index (κ3) is 2.44. The highest BCUT2D eigenvalue weighted by Gasteiger charge is 2.18. The molecule has 16 heavy (non-hydrogen) atoms. The minimum absolute atomic E-state index is 0.0132. The molecule has 0 radical (unpaired) electrons. The fraction of sp³-hybridized carbons (Fsp3) is 0.583. The first-order valence-corrected chi connectivity index (χ1v) is 5.84. The highest BCUT2D eigenvalue weighted by molar-refractivity contribution is 5.94. The summed E-state index contributed by atoms with van der Waals surface area (Å²) in [6.07, 6.45) is 2.20. The lowest BCUT2D eigenvalue weighted by molar-refractivity contribution is 0.0925. The summed E-state index contributed by atoms with van der Waals surface area (Å²) >= 11 is 0. The van der Waals surface area contributed by atoms with E-state index in [2.05, 4.69) is 15.6 Å². The van der Waals surface area contributed by atoms with E-state index in [4.69, 9.17) is 0 Å². The first-order chi connectivity index (χ1) is 7.66. The minimum Gasteiger partial charge on any atom is -0.354 e. The van der Waals surface area contributed by atoms with Crippen LogP contribution in [-0.2, 0) is 0 Å². The summed E-state index contributed by atoms with van der Waals surface area (Å²) in [5.41, 5.74) is 2.74. The Kier molecular flexibility index (Phi) is 3.29. The monoisotopic (exact) mass is 221 g/mol. The van der Waals surface area contributed by atoms with E-state index in [0.717, 1.165) is 37.2 Å². The van der Waals surface area contributed by atoms with E-state index in [1.165, 1.54) is 0 Å². The van der Waals surface area contributed by atoms with E-state index in [9.17, 15) is 4.79 Å². The van der Waals surface area contributed by atoms with Crippen LogP contribution in [0.15, 0.2) is 6.07 Å². The van der Waals surface area contributed by atoms with Gasteiger partial charge in [-0.15, -0.1) is 0 Å². The summed E-state index contributed by atoms with van der Waals surface area (Å²) < 4.78 is 0. The fourth-order valence-electron chi connectivity index (χ4n) is 2.20. The lowest BCUT2D eigenvalue weighted by Crippen LogP contribution is -2.45. The lowest BCUT2D eigenvalue weighted by Gasteiger charge is -2.23. The molecule has 0 saturated carbocycles. The molecule has 3 N–H and O–H groups in total. The molecule has 2 heterocycles. The predicted molar refractivity (Wildman–Crippen MR) is 63.6 cm³/mol. The molecule has 1 aliphatic heterocycles. The second kappa shape index (κ2) is 4.70. The van der Waals surface area contributed by atoms with Crippen LogP contribution in [0.4, 0.5) is 0 Å². The summed E-state index contributed by atoms with van der Waals surface area (Å²) in [6, 6.07) is 2.26. The van der Waals surface area contributed by atoms with Gasteiger partial charge in [0.1, 0.15) is 5.69 Å². The number of amides is 1. The van der Waals surface area contributed by atoms with Crippen molar-refractivity contribution >= 4 is 5.91 Å². The first-order valence-electron chi connectivity index (χ1n) is 5.84. The second-order valence-electron chi connectivity index (χ2n) is 4.53. The zero-order valence-electron chi connectivity index (χ0n) is 9.89. The molecule has 0 aromatic carbocycles. The van der Waals surface area contributed by atoms with Crippen molar-refractivity contribution in [1.82, 2.24) is 15.6 Å². The third-order valence-corrected chi connectivity index (χ3v) is 3.01. The third-order valence-electron chi connectivity index (χ3n) is 3.01. The smallest absolute Gasteiger partial charge is 0.268 e. The Bertz CT molecular complexity index is 378. The van der Waals surface area contributed by atoms with Gasteiger partial charge in [0.25, 0.3) is 5.91 Å². The van der Waals surface area contributed by atoms with Crippen LogP contribution in [0.3, 0.4) is 0 Å². The molecular formula is C12H19N3O. The summed E-state index contributed by atoms with van der Waals surface area (Å²) in [6.45, 7) is 5.86. The molecular weight excluding hydrogens is 202 g/mol. The molecule has 1 atom stereocenters. The van der Waals surface area contributed by atoms with Crippen molar-refractivity contribution in [2.24, 2.45) is 0 Å². The molecule has 1 aromatic rings. The van der Waals surface area contributed by atoms with Gasteiger partial charge < -0.3 is 15.6 Å². The van der Waals surface area contributed by atoms with Crippen LogP contribution < -0.4 is 10.6 Å². The number of rotatable bonds is 2. The summed E-state index contributed by atoms with van der Waals surface area (Å²) in [5.74, 6) is 0.0132. The molecule has 2 rings (SSSR count). The number of aromatic nitrogens is 1. The van der Waals surface area contributed by atoms with Crippen LogP contribution in [0.5, 0.6) is 0 Å². The van der Waals surface area contributed by atoms with Gasteiger partial charge >= 0.3 is 0 Å². The number of nitrogens with one attached hydrogen (secondary N) is 3. The average molecular weight is 221 g/mol. The first kappa shape index (κ1) is 11.2. The van der Waals surface area contributed by atoms with E-state index in [0.29, 0.717) is 5.69 Å². The van der Waals surface area contributed by atoms with Crippen LogP contribution >= 0.6 is 0 Å². The zero-order chi connectivity index (χ0) is 11.5. The largest absolute Gasteiger partial charge is 0.354 e.